The second-order valence-electron chi connectivity index (χ2n) is 11.7. The summed E-state index contributed by atoms with van der Waals surface area (Å²) in [6, 6.07) is 6.87. The summed E-state index contributed by atoms with van der Waals surface area (Å²) in [5.74, 6) is 0.686. The number of methoxy groups -OCH3 is 1. The van der Waals surface area contributed by atoms with Crippen LogP contribution < -0.4 is 10.1 Å². The van der Waals surface area contributed by atoms with Crippen LogP contribution in [0.1, 0.15) is 70.3 Å². The van der Waals surface area contributed by atoms with E-state index < -0.39 is 17.7 Å². The number of fused-ring (bicyclic) bond motifs is 1. The van der Waals surface area contributed by atoms with Gasteiger partial charge in [0.05, 0.1) is 12.6 Å². The van der Waals surface area contributed by atoms with Crippen molar-refractivity contribution in [1.29, 1.82) is 0 Å². The van der Waals surface area contributed by atoms with E-state index in [1.807, 2.05) is 73.4 Å². The van der Waals surface area contributed by atoms with Crippen LogP contribution in [-0.4, -0.2) is 76.7 Å². The number of hydrogen-bond donors (Lipinski definition) is 1. The standard InChI is InChI=1S/C29H42N4O5/c1-19-18-32(26(34)24-16-21-12-13-22(37-6)17-23(21)31(24)5)14-15-33(19)27(35)25(20-10-8-7-9-11-20)30-28(36)38-29(2,3)4/h12-13,16-17,19-20,25H,7-11,14-15,18H2,1-6H3,(H,30,36)/t19-,25-/m0/s1. The van der Waals surface area contributed by atoms with Crippen molar-refractivity contribution < 1.29 is 23.9 Å². The maximum Gasteiger partial charge on any atom is 0.408 e. The van der Waals surface area contributed by atoms with Crippen molar-refractivity contribution in [3.05, 3.63) is 30.0 Å². The lowest BCUT2D eigenvalue weighted by Gasteiger charge is -2.42. The molecule has 2 aromatic rings. The molecule has 208 valence electrons. The molecule has 0 unspecified atom stereocenters. The van der Waals surface area contributed by atoms with E-state index >= 15 is 0 Å². The van der Waals surface area contributed by atoms with Crippen LogP contribution in [0, 0.1) is 5.92 Å². The number of piperazine rings is 1. The van der Waals surface area contributed by atoms with Crippen molar-refractivity contribution in [2.75, 3.05) is 26.7 Å². The number of benzene rings is 1. The van der Waals surface area contributed by atoms with E-state index in [1.165, 1.54) is 0 Å². The Morgan fingerprint density at radius 1 is 1.05 bits per heavy atom. The molecular formula is C29H42N4O5. The van der Waals surface area contributed by atoms with Crippen LogP contribution in [0.5, 0.6) is 5.75 Å². The second-order valence-corrected chi connectivity index (χ2v) is 11.7. The number of hydrogen-bond acceptors (Lipinski definition) is 5. The van der Waals surface area contributed by atoms with E-state index in [0.29, 0.717) is 25.3 Å². The predicted molar refractivity (Wildman–Crippen MR) is 146 cm³/mol. The molecule has 1 aliphatic carbocycles. The monoisotopic (exact) mass is 526 g/mol. The first-order valence-electron chi connectivity index (χ1n) is 13.7. The van der Waals surface area contributed by atoms with Gasteiger partial charge in [-0.3, -0.25) is 9.59 Å². The fourth-order valence-corrected chi connectivity index (χ4v) is 5.74. The SMILES string of the molecule is COc1ccc2cc(C(=O)N3CCN(C(=O)[C@@H](NC(=O)OC(C)(C)C)C4CCCCC4)[C@@H](C)C3)n(C)c2c1. The van der Waals surface area contributed by atoms with Crippen LogP contribution in [0.2, 0.25) is 0 Å². The Bertz CT molecular complexity index is 1180. The molecule has 1 saturated heterocycles. The van der Waals surface area contributed by atoms with Crippen molar-refractivity contribution in [3.63, 3.8) is 0 Å². The molecule has 2 heterocycles. The summed E-state index contributed by atoms with van der Waals surface area (Å²) in [5.41, 5.74) is 0.890. The van der Waals surface area contributed by atoms with Gasteiger partial charge in [-0.1, -0.05) is 19.3 Å². The molecule has 38 heavy (non-hydrogen) atoms. The summed E-state index contributed by atoms with van der Waals surface area (Å²) >= 11 is 0. The van der Waals surface area contributed by atoms with Crippen LogP contribution in [0.4, 0.5) is 4.79 Å². The highest BCUT2D eigenvalue weighted by Crippen LogP contribution is 2.29. The summed E-state index contributed by atoms with van der Waals surface area (Å²) in [5, 5.41) is 3.88. The summed E-state index contributed by atoms with van der Waals surface area (Å²) in [6.07, 6.45) is 4.52. The van der Waals surface area contributed by atoms with Gasteiger partial charge in [0.15, 0.2) is 0 Å². The van der Waals surface area contributed by atoms with E-state index in [2.05, 4.69) is 5.32 Å². The first kappa shape index (κ1) is 27.8. The van der Waals surface area contributed by atoms with Crippen LogP contribution >= 0.6 is 0 Å². The lowest BCUT2D eigenvalue weighted by molar-refractivity contribution is -0.139. The number of rotatable bonds is 5. The van der Waals surface area contributed by atoms with Gasteiger partial charge in [-0.05, 0) is 64.7 Å². The molecule has 1 N–H and O–H groups in total. The summed E-state index contributed by atoms with van der Waals surface area (Å²) in [4.78, 5) is 43.6. The predicted octanol–water partition coefficient (Wildman–Crippen LogP) is 4.33. The van der Waals surface area contributed by atoms with Gasteiger partial charge >= 0.3 is 6.09 Å². The fraction of sp³-hybridized carbons (Fsp3) is 0.621. The van der Waals surface area contributed by atoms with E-state index in [-0.39, 0.29) is 23.8 Å². The molecule has 9 nitrogen and oxygen atoms in total. The number of nitrogens with zero attached hydrogens (tertiary/aromatic N) is 3. The maximum absolute atomic E-state index is 13.8. The number of carbonyl (C=O) groups is 3. The normalized spacial score (nSPS) is 19.8. The van der Waals surface area contributed by atoms with Gasteiger partial charge in [-0.25, -0.2) is 4.79 Å². The van der Waals surface area contributed by atoms with Crippen LogP contribution in [0.15, 0.2) is 24.3 Å². The third kappa shape index (κ3) is 6.08. The molecule has 2 fully saturated rings. The number of carbonyl (C=O) groups excluding carboxylic acids is 3. The highest BCUT2D eigenvalue weighted by molar-refractivity contribution is 5.99. The van der Waals surface area contributed by atoms with Crippen LogP contribution in [0.25, 0.3) is 10.9 Å². The first-order valence-corrected chi connectivity index (χ1v) is 13.7. The summed E-state index contributed by atoms with van der Waals surface area (Å²) in [6.45, 7) is 8.69. The van der Waals surface area contributed by atoms with E-state index in [4.69, 9.17) is 9.47 Å². The topological polar surface area (TPSA) is 93.1 Å². The van der Waals surface area contributed by atoms with Gasteiger partial charge < -0.3 is 29.2 Å². The zero-order valence-corrected chi connectivity index (χ0v) is 23.6. The van der Waals surface area contributed by atoms with Gasteiger partial charge in [-0.2, -0.15) is 0 Å². The Labute approximate surface area is 225 Å². The maximum atomic E-state index is 13.8. The molecule has 0 radical (unpaired) electrons. The number of aromatic nitrogens is 1. The minimum Gasteiger partial charge on any atom is -0.497 e. The molecule has 9 heteroatoms. The number of alkyl carbamates (subject to hydrolysis) is 1. The van der Waals surface area contributed by atoms with Gasteiger partial charge in [-0.15, -0.1) is 0 Å². The molecule has 0 bridgehead atoms. The average molecular weight is 527 g/mol. The number of ether oxygens (including phenoxy) is 2. The van der Waals surface area contributed by atoms with E-state index in [1.54, 1.807) is 7.11 Å². The molecule has 0 spiro atoms. The first-order chi connectivity index (χ1) is 18.0. The van der Waals surface area contributed by atoms with Gasteiger partial charge in [0.25, 0.3) is 5.91 Å². The molecular weight excluding hydrogens is 484 g/mol. The molecule has 2 aliphatic rings. The Morgan fingerprint density at radius 3 is 2.39 bits per heavy atom. The van der Waals surface area contributed by atoms with Gasteiger partial charge in [0.2, 0.25) is 5.91 Å². The fourth-order valence-electron chi connectivity index (χ4n) is 5.74. The van der Waals surface area contributed by atoms with Crippen LogP contribution in [-0.2, 0) is 16.6 Å². The minimum atomic E-state index is -0.642. The summed E-state index contributed by atoms with van der Waals surface area (Å²) < 4.78 is 12.7. The zero-order chi connectivity index (χ0) is 27.6. The third-order valence-electron chi connectivity index (χ3n) is 7.73. The van der Waals surface area contributed by atoms with Crippen molar-refractivity contribution >= 4 is 28.8 Å². The number of aryl methyl sites for hydroxylation is 1. The Hall–Kier alpha value is -3.23. The second kappa shape index (κ2) is 11.3. The highest BCUT2D eigenvalue weighted by Gasteiger charge is 2.39. The van der Waals surface area contributed by atoms with Crippen molar-refractivity contribution in [2.45, 2.75) is 77.5 Å². The highest BCUT2D eigenvalue weighted by atomic mass is 16.6. The molecule has 1 aromatic carbocycles. The Balaban J connectivity index is 1.47. The molecule has 1 saturated carbocycles. The molecule has 1 aromatic heterocycles. The third-order valence-corrected chi connectivity index (χ3v) is 7.73. The zero-order valence-electron chi connectivity index (χ0n) is 23.6. The van der Waals surface area contributed by atoms with Crippen molar-refractivity contribution in [2.24, 2.45) is 13.0 Å². The lowest BCUT2D eigenvalue weighted by atomic mass is 9.83. The van der Waals surface area contributed by atoms with Crippen molar-refractivity contribution in [1.82, 2.24) is 19.7 Å². The van der Waals surface area contributed by atoms with E-state index in [0.717, 1.165) is 48.8 Å². The lowest BCUT2D eigenvalue weighted by Crippen LogP contribution is -2.61. The molecule has 2 atom stereocenters. The summed E-state index contributed by atoms with van der Waals surface area (Å²) in [7, 11) is 3.51. The quantitative estimate of drug-likeness (QED) is 0.626. The number of nitrogens with one attached hydrogen (secondary N) is 1. The van der Waals surface area contributed by atoms with Crippen LogP contribution in [0.3, 0.4) is 0 Å². The smallest absolute Gasteiger partial charge is 0.408 e. The minimum absolute atomic E-state index is 0.0580. The number of amides is 3. The molecule has 4 rings (SSSR count). The Morgan fingerprint density at radius 2 is 1.76 bits per heavy atom. The molecule has 3 amide bonds. The largest absolute Gasteiger partial charge is 0.497 e. The Kier molecular flexibility index (Phi) is 8.23. The molecule has 1 aliphatic heterocycles. The van der Waals surface area contributed by atoms with Gasteiger partial charge in [0, 0.05) is 44.2 Å². The van der Waals surface area contributed by atoms with Gasteiger partial charge in [0.1, 0.15) is 23.1 Å². The van der Waals surface area contributed by atoms with Crippen molar-refractivity contribution in [3.8, 4) is 5.75 Å². The average Bonchev–Trinajstić information content (AvgIpc) is 3.21. The van der Waals surface area contributed by atoms with E-state index in [9.17, 15) is 14.4 Å².